The highest BCUT2D eigenvalue weighted by molar-refractivity contribution is 7.19. The number of benzene rings is 12. The molecule has 0 unspecified atom stereocenters. The lowest BCUT2D eigenvalue weighted by atomic mass is 10.1. The summed E-state index contributed by atoms with van der Waals surface area (Å²) in [5.41, 5.74) is 13.8. The Labute approximate surface area is 445 Å². The third-order valence-electron chi connectivity index (χ3n) is 16.5. The van der Waals surface area contributed by atoms with E-state index in [1.165, 1.54) is 85.9 Å². The Kier molecular flexibility index (Phi) is 9.62. The fourth-order valence-electron chi connectivity index (χ4n) is 13.3. The zero-order chi connectivity index (χ0) is 50.6. The van der Waals surface area contributed by atoms with Gasteiger partial charge in [-0.25, -0.2) is 0 Å². The minimum atomic E-state index is -2.90. The summed E-state index contributed by atoms with van der Waals surface area (Å²) in [6.07, 6.45) is 0. The van der Waals surface area contributed by atoms with E-state index in [1.807, 2.05) is 0 Å². The molecular formula is C72H48N4Si. The predicted octanol–water partition coefficient (Wildman–Crippen LogP) is 15.5. The molecule has 0 atom stereocenters. The molecule has 360 valence electrons. The second-order valence-corrected chi connectivity index (χ2v) is 24.2. The monoisotopic (exact) mass is 996 g/mol. The molecule has 16 rings (SSSR count). The molecular weight excluding hydrogens is 949 g/mol. The van der Waals surface area contributed by atoms with Gasteiger partial charge < -0.3 is 18.3 Å². The Hall–Kier alpha value is -9.94. The highest BCUT2D eigenvalue weighted by atomic mass is 28.3. The van der Waals surface area contributed by atoms with Gasteiger partial charge in [-0.1, -0.05) is 212 Å². The maximum Gasteiger partial charge on any atom is 0.179 e. The lowest BCUT2D eigenvalue weighted by Crippen LogP contribution is -2.74. The average Bonchev–Trinajstić information content (AvgIpc) is 4.46. The molecule has 12 aromatic carbocycles. The van der Waals surface area contributed by atoms with E-state index in [-0.39, 0.29) is 0 Å². The van der Waals surface area contributed by atoms with Gasteiger partial charge in [-0.3, -0.25) is 0 Å². The molecule has 0 aliphatic carbocycles. The summed E-state index contributed by atoms with van der Waals surface area (Å²) in [6.45, 7) is 0. The molecule has 0 saturated heterocycles. The minimum Gasteiger partial charge on any atom is -0.309 e. The summed E-state index contributed by atoms with van der Waals surface area (Å²) in [4.78, 5) is 0. The van der Waals surface area contributed by atoms with Gasteiger partial charge in [-0.15, -0.1) is 0 Å². The van der Waals surface area contributed by atoms with Crippen molar-refractivity contribution in [3.05, 3.63) is 291 Å². The second kappa shape index (κ2) is 17.0. The van der Waals surface area contributed by atoms with Crippen LogP contribution in [0.5, 0.6) is 0 Å². The van der Waals surface area contributed by atoms with Crippen molar-refractivity contribution in [3.8, 4) is 22.7 Å². The number of aromatic nitrogens is 4. The van der Waals surface area contributed by atoms with Gasteiger partial charge in [0, 0.05) is 60.2 Å². The number of fused-ring (bicyclic) bond motifs is 12. The quantitative estimate of drug-likeness (QED) is 0.107. The third kappa shape index (κ3) is 6.32. The number of rotatable bonds is 8. The highest BCUT2D eigenvalue weighted by Gasteiger charge is 2.41. The number of hydrogen-bond acceptors (Lipinski definition) is 0. The van der Waals surface area contributed by atoms with Crippen molar-refractivity contribution in [2.24, 2.45) is 0 Å². The molecule has 0 radical (unpaired) electrons. The van der Waals surface area contributed by atoms with Crippen molar-refractivity contribution in [1.29, 1.82) is 0 Å². The molecule has 4 aromatic heterocycles. The van der Waals surface area contributed by atoms with Crippen molar-refractivity contribution in [3.63, 3.8) is 0 Å². The summed E-state index contributed by atoms with van der Waals surface area (Å²) in [5.74, 6) is 0. The lowest BCUT2D eigenvalue weighted by molar-refractivity contribution is 1.11. The standard InChI is InChI=1S/C72H48N4Si/c1-4-24-52(25-5-1)77(53-26-6-2-7-27-53,54-28-8-3-9-29-54)55-30-22-23-49(45-55)75-68-41-20-15-36-61(68)63-47-51(74-66-39-18-12-33-58(66)59-34-13-19-40-67(59)74)48-71(72(63)75)76-69-42-21-14-35-60(69)62-46-50(43-44-70(62)76)73-64-37-16-10-31-56(64)57-32-11-17-38-65(57)73/h1-48H. The molecule has 0 bridgehead atoms. The fraction of sp³-hybridized carbons (Fsp3) is 0. The summed E-state index contributed by atoms with van der Waals surface area (Å²) in [6, 6.07) is 109. The minimum absolute atomic E-state index is 1.11. The summed E-state index contributed by atoms with van der Waals surface area (Å²) in [7, 11) is -2.90. The first kappa shape index (κ1) is 43.5. The molecule has 4 heterocycles. The van der Waals surface area contributed by atoms with Crippen molar-refractivity contribution in [1.82, 2.24) is 18.3 Å². The Morgan fingerprint density at radius 3 is 1.01 bits per heavy atom. The summed E-state index contributed by atoms with van der Waals surface area (Å²) >= 11 is 0. The van der Waals surface area contributed by atoms with E-state index < -0.39 is 8.07 Å². The highest BCUT2D eigenvalue weighted by Crippen LogP contribution is 2.44. The normalized spacial score (nSPS) is 12.2. The molecule has 77 heavy (non-hydrogen) atoms. The molecule has 0 amide bonds. The van der Waals surface area contributed by atoms with Crippen LogP contribution in [0.25, 0.3) is 110 Å². The molecule has 16 aromatic rings. The van der Waals surface area contributed by atoms with Crippen LogP contribution in [0.1, 0.15) is 0 Å². The van der Waals surface area contributed by atoms with E-state index in [2.05, 4.69) is 309 Å². The van der Waals surface area contributed by atoms with Gasteiger partial charge >= 0.3 is 0 Å². The summed E-state index contributed by atoms with van der Waals surface area (Å²) < 4.78 is 10.0. The van der Waals surface area contributed by atoms with Crippen LogP contribution in [-0.2, 0) is 0 Å². The van der Waals surface area contributed by atoms with E-state index in [9.17, 15) is 0 Å². The zero-order valence-electron chi connectivity index (χ0n) is 42.0. The van der Waals surface area contributed by atoms with Crippen molar-refractivity contribution in [2.75, 3.05) is 0 Å². The Bertz CT molecular complexity index is 4780. The smallest absolute Gasteiger partial charge is 0.179 e. The van der Waals surface area contributed by atoms with Crippen molar-refractivity contribution < 1.29 is 0 Å². The predicted molar refractivity (Wildman–Crippen MR) is 327 cm³/mol. The van der Waals surface area contributed by atoms with Gasteiger partial charge in [-0.05, 0) is 99.6 Å². The summed E-state index contributed by atoms with van der Waals surface area (Å²) in [5, 5.41) is 15.1. The first-order chi connectivity index (χ1) is 38.2. The fourth-order valence-corrected chi connectivity index (χ4v) is 18.1. The molecule has 0 aliphatic rings. The van der Waals surface area contributed by atoms with Gasteiger partial charge in [0.1, 0.15) is 0 Å². The molecule has 4 nitrogen and oxygen atoms in total. The number of nitrogens with zero attached hydrogens (tertiary/aromatic N) is 4. The molecule has 0 aliphatic heterocycles. The first-order valence-corrected chi connectivity index (χ1v) is 28.6. The first-order valence-electron chi connectivity index (χ1n) is 26.6. The molecule has 0 saturated carbocycles. The van der Waals surface area contributed by atoms with Gasteiger partial charge in [0.05, 0.1) is 49.8 Å². The molecule has 0 N–H and O–H groups in total. The van der Waals surface area contributed by atoms with E-state index in [0.29, 0.717) is 0 Å². The largest absolute Gasteiger partial charge is 0.309 e. The van der Waals surface area contributed by atoms with Crippen molar-refractivity contribution in [2.45, 2.75) is 0 Å². The third-order valence-corrected chi connectivity index (χ3v) is 21.2. The van der Waals surface area contributed by atoms with Crippen LogP contribution in [0.4, 0.5) is 0 Å². The van der Waals surface area contributed by atoms with Crippen LogP contribution in [-0.4, -0.2) is 26.3 Å². The lowest BCUT2D eigenvalue weighted by Gasteiger charge is -2.34. The van der Waals surface area contributed by atoms with Gasteiger partial charge in [-0.2, -0.15) is 0 Å². The van der Waals surface area contributed by atoms with Gasteiger partial charge in [0.2, 0.25) is 0 Å². The Morgan fingerprint density at radius 2 is 0.532 bits per heavy atom. The number of hydrogen-bond donors (Lipinski definition) is 0. The topological polar surface area (TPSA) is 19.7 Å². The van der Waals surface area contributed by atoms with Crippen LogP contribution in [0.15, 0.2) is 291 Å². The number of para-hydroxylation sites is 6. The Balaban J connectivity index is 1.03. The second-order valence-electron chi connectivity index (χ2n) is 20.4. The average molecular weight is 997 g/mol. The van der Waals surface area contributed by atoms with Gasteiger partial charge in [0.15, 0.2) is 8.07 Å². The van der Waals surface area contributed by atoms with Crippen LogP contribution >= 0.6 is 0 Å². The molecule has 0 fully saturated rings. The van der Waals surface area contributed by atoms with E-state index in [1.54, 1.807) is 0 Å². The van der Waals surface area contributed by atoms with Crippen LogP contribution in [0.2, 0.25) is 0 Å². The van der Waals surface area contributed by atoms with E-state index in [0.717, 1.165) is 44.8 Å². The van der Waals surface area contributed by atoms with Crippen molar-refractivity contribution >= 4 is 116 Å². The SMILES string of the molecule is c1ccc([Si](c2ccccc2)(c2ccccc2)c2cccc(-n3c4ccccc4c4cc(-n5c6ccccc6c6ccccc65)cc(-n5c6ccccc6c6cc(-n7c8ccccc8c8ccccc87)ccc65)c43)c2)cc1. The van der Waals surface area contributed by atoms with Gasteiger partial charge in [0.25, 0.3) is 0 Å². The van der Waals surface area contributed by atoms with E-state index in [4.69, 9.17) is 0 Å². The molecule has 0 spiro atoms. The Morgan fingerprint density at radius 1 is 0.195 bits per heavy atom. The van der Waals surface area contributed by atoms with Crippen LogP contribution in [0.3, 0.4) is 0 Å². The maximum atomic E-state index is 2.56. The zero-order valence-corrected chi connectivity index (χ0v) is 43.0. The van der Waals surface area contributed by atoms with Crippen LogP contribution < -0.4 is 20.7 Å². The molecule has 5 heteroatoms. The maximum absolute atomic E-state index is 2.90. The van der Waals surface area contributed by atoms with E-state index >= 15 is 0 Å². The van der Waals surface area contributed by atoms with Crippen LogP contribution in [0, 0.1) is 0 Å².